The maximum absolute atomic E-state index is 12.0. The lowest BCUT2D eigenvalue weighted by Gasteiger charge is -2.28. The molecular weight excluding hydrogens is 242 g/mol. The summed E-state index contributed by atoms with van der Waals surface area (Å²) in [6.07, 6.45) is 4.94. The molecule has 0 spiro atoms. The van der Waals surface area contributed by atoms with E-state index in [9.17, 15) is 15.0 Å². The summed E-state index contributed by atoms with van der Waals surface area (Å²) in [5.74, 6) is 0.523. The van der Waals surface area contributed by atoms with E-state index in [2.05, 4.69) is 12.2 Å². The molecule has 104 valence electrons. The third kappa shape index (κ3) is 3.40. The molecule has 0 saturated heterocycles. The molecule has 0 aromatic heterocycles. The van der Waals surface area contributed by atoms with Gasteiger partial charge in [-0.05, 0) is 36.5 Å². The summed E-state index contributed by atoms with van der Waals surface area (Å²) in [5.41, 5.74) is 0.374. The van der Waals surface area contributed by atoms with E-state index in [1.54, 1.807) is 0 Å². The highest BCUT2D eigenvalue weighted by molar-refractivity contribution is 5.94. The van der Waals surface area contributed by atoms with Crippen molar-refractivity contribution in [1.29, 1.82) is 0 Å². The second kappa shape index (κ2) is 5.95. The second-order valence-corrected chi connectivity index (χ2v) is 5.44. The lowest BCUT2D eigenvalue weighted by atomic mass is 9.80. The first-order valence-corrected chi connectivity index (χ1v) is 6.88. The minimum atomic E-state index is -0.265. The number of phenolic OH excluding ortho intramolecular Hbond substituents is 2. The predicted octanol–water partition coefficient (Wildman–Crippen LogP) is 2.65. The van der Waals surface area contributed by atoms with Crippen molar-refractivity contribution in [2.45, 2.75) is 32.6 Å². The van der Waals surface area contributed by atoms with Crippen molar-refractivity contribution in [1.82, 2.24) is 5.32 Å². The number of carbonyl (C=O) groups excluding carboxylic acids is 1. The van der Waals surface area contributed by atoms with Gasteiger partial charge in [-0.1, -0.05) is 26.2 Å². The van der Waals surface area contributed by atoms with Gasteiger partial charge in [-0.25, -0.2) is 0 Å². The largest absolute Gasteiger partial charge is 0.504 e. The molecule has 1 aliphatic carbocycles. The summed E-state index contributed by atoms with van der Waals surface area (Å²) in [6.45, 7) is 2.92. The van der Waals surface area contributed by atoms with E-state index >= 15 is 0 Å². The van der Waals surface area contributed by atoms with Crippen LogP contribution in [0.2, 0.25) is 0 Å². The van der Waals surface area contributed by atoms with Gasteiger partial charge in [-0.3, -0.25) is 4.79 Å². The molecule has 4 nitrogen and oxygen atoms in total. The molecule has 2 unspecified atom stereocenters. The molecule has 2 atom stereocenters. The van der Waals surface area contributed by atoms with Crippen LogP contribution in [0.1, 0.15) is 43.0 Å². The van der Waals surface area contributed by atoms with Crippen molar-refractivity contribution in [3.05, 3.63) is 23.8 Å². The average Bonchev–Trinajstić information content (AvgIpc) is 2.40. The summed E-state index contributed by atoms with van der Waals surface area (Å²) in [4.78, 5) is 12.0. The van der Waals surface area contributed by atoms with Gasteiger partial charge in [0.05, 0.1) is 0 Å². The standard InChI is InChI=1S/C15H21NO3/c1-10-4-2-3-5-12(10)9-16-15(19)11-6-7-13(17)14(18)8-11/h6-8,10,12,17-18H,2-5,9H2,1H3,(H,16,19). The second-order valence-electron chi connectivity index (χ2n) is 5.44. The number of nitrogens with one attached hydrogen (secondary N) is 1. The van der Waals surface area contributed by atoms with Crippen molar-refractivity contribution in [3.8, 4) is 11.5 Å². The van der Waals surface area contributed by atoms with Crippen molar-refractivity contribution < 1.29 is 15.0 Å². The monoisotopic (exact) mass is 263 g/mol. The Balaban J connectivity index is 1.91. The zero-order valence-electron chi connectivity index (χ0n) is 11.2. The van der Waals surface area contributed by atoms with E-state index in [0.717, 1.165) is 0 Å². The molecule has 19 heavy (non-hydrogen) atoms. The average molecular weight is 263 g/mol. The Morgan fingerprint density at radius 1 is 1.26 bits per heavy atom. The summed E-state index contributed by atoms with van der Waals surface area (Å²) >= 11 is 0. The van der Waals surface area contributed by atoms with Crippen LogP contribution in [0.15, 0.2) is 18.2 Å². The van der Waals surface area contributed by atoms with Crippen LogP contribution in [0.5, 0.6) is 11.5 Å². The number of hydrogen-bond acceptors (Lipinski definition) is 3. The van der Waals surface area contributed by atoms with Crippen molar-refractivity contribution >= 4 is 5.91 Å². The molecule has 4 heteroatoms. The fourth-order valence-corrected chi connectivity index (χ4v) is 2.69. The Hall–Kier alpha value is -1.71. The van der Waals surface area contributed by atoms with Crippen LogP contribution >= 0.6 is 0 Å². The zero-order chi connectivity index (χ0) is 13.8. The van der Waals surface area contributed by atoms with Crippen LogP contribution in [0.3, 0.4) is 0 Å². The highest BCUT2D eigenvalue weighted by atomic mass is 16.3. The van der Waals surface area contributed by atoms with Crippen LogP contribution in [0, 0.1) is 11.8 Å². The van der Waals surface area contributed by atoms with Gasteiger partial charge in [-0.2, -0.15) is 0 Å². The van der Waals surface area contributed by atoms with Gasteiger partial charge < -0.3 is 15.5 Å². The third-order valence-electron chi connectivity index (χ3n) is 4.05. The summed E-state index contributed by atoms with van der Waals surface area (Å²) in [7, 11) is 0. The predicted molar refractivity (Wildman–Crippen MR) is 73.2 cm³/mol. The fourth-order valence-electron chi connectivity index (χ4n) is 2.69. The molecule has 1 saturated carbocycles. The van der Waals surface area contributed by atoms with Gasteiger partial charge >= 0.3 is 0 Å². The van der Waals surface area contributed by atoms with E-state index < -0.39 is 0 Å². The minimum absolute atomic E-state index is 0.201. The van der Waals surface area contributed by atoms with E-state index in [4.69, 9.17) is 0 Å². The topological polar surface area (TPSA) is 69.6 Å². The molecule has 1 aromatic rings. The molecule has 0 radical (unpaired) electrons. The molecular formula is C15H21NO3. The molecule has 1 aliphatic rings. The zero-order valence-corrected chi connectivity index (χ0v) is 11.2. The normalized spacial score (nSPS) is 23.0. The van der Waals surface area contributed by atoms with Crippen LogP contribution in [-0.2, 0) is 0 Å². The smallest absolute Gasteiger partial charge is 0.251 e. The molecule has 1 aromatic carbocycles. The van der Waals surface area contributed by atoms with Gasteiger partial charge in [0.1, 0.15) is 0 Å². The van der Waals surface area contributed by atoms with Crippen LogP contribution in [0.4, 0.5) is 0 Å². The highest BCUT2D eigenvalue weighted by Crippen LogP contribution is 2.29. The maximum atomic E-state index is 12.0. The first-order chi connectivity index (χ1) is 9.08. The van der Waals surface area contributed by atoms with Gasteiger partial charge in [0.25, 0.3) is 5.91 Å². The first-order valence-electron chi connectivity index (χ1n) is 6.88. The van der Waals surface area contributed by atoms with Crippen molar-refractivity contribution in [2.75, 3.05) is 6.54 Å². The first kappa shape index (κ1) is 13.7. The maximum Gasteiger partial charge on any atom is 0.251 e. The molecule has 0 bridgehead atoms. The summed E-state index contributed by atoms with van der Waals surface area (Å²) < 4.78 is 0. The molecule has 1 fully saturated rings. The van der Waals surface area contributed by atoms with E-state index in [1.165, 1.54) is 43.9 Å². The number of carbonyl (C=O) groups is 1. The number of rotatable bonds is 3. The number of hydrogen-bond donors (Lipinski definition) is 3. The van der Waals surface area contributed by atoms with Crippen LogP contribution in [-0.4, -0.2) is 22.7 Å². The van der Waals surface area contributed by atoms with Gasteiger partial charge in [0.2, 0.25) is 0 Å². The van der Waals surface area contributed by atoms with E-state index in [0.29, 0.717) is 23.9 Å². The summed E-state index contributed by atoms with van der Waals surface area (Å²) in [5, 5.41) is 21.5. The van der Waals surface area contributed by atoms with Crippen LogP contribution < -0.4 is 5.32 Å². The summed E-state index contributed by atoms with van der Waals surface area (Å²) in [6, 6.07) is 4.12. The third-order valence-corrected chi connectivity index (χ3v) is 4.05. The molecule has 2 rings (SSSR count). The number of phenols is 2. The SMILES string of the molecule is CC1CCCCC1CNC(=O)c1ccc(O)c(O)c1. The van der Waals surface area contributed by atoms with Crippen LogP contribution in [0.25, 0.3) is 0 Å². The molecule has 0 heterocycles. The Morgan fingerprint density at radius 3 is 2.68 bits per heavy atom. The lowest BCUT2D eigenvalue weighted by molar-refractivity contribution is 0.0936. The minimum Gasteiger partial charge on any atom is -0.504 e. The van der Waals surface area contributed by atoms with Gasteiger partial charge in [0, 0.05) is 12.1 Å². The van der Waals surface area contributed by atoms with E-state index in [-0.39, 0.29) is 17.4 Å². The highest BCUT2D eigenvalue weighted by Gasteiger charge is 2.21. The molecule has 3 N–H and O–H groups in total. The quantitative estimate of drug-likeness (QED) is 0.734. The Labute approximate surface area is 113 Å². The molecule has 0 aliphatic heterocycles. The Bertz CT molecular complexity index is 459. The van der Waals surface area contributed by atoms with Crippen molar-refractivity contribution in [2.24, 2.45) is 11.8 Å². The van der Waals surface area contributed by atoms with Crippen molar-refractivity contribution in [3.63, 3.8) is 0 Å². The molecule has 1 amide bonds. The Morgan fingerprint density at radius 2 is 2.00 bits per heavy atom. The fraction of sp³-hybridized carbons (Fsp3) is 0.533. The number of aromatic hydroxyl groups is 2. The Kier molecular flexibility index (Phi) is 4.30. The van der Waals surface area contributed by atoms with E-state index in [1.807, 2.05) is 0 Å². The number of benzene rings is 1. The lowest BCUT2D eigenvalue weighted by Crippen LogP contribution is -2.33. The number of amides is 1. The van der Waals surface area contributed by atoms with Gasteiger partial charge in [-0.15, -0.1) is 0 Å². The van der Waals surface area contributed by atoms with Gasteiger partial charge in [0.15, 0.2) is 11.5 Å².